The van der Waals surface area contributed by atoms with Crippen LogP contribution in [0.4, 0.5) is 0 Å². The molecule has 0 bridgehead atoms. The van der Waals surface area contributed by atoms with Crippen LogP contribution < -0.4 is 0 Å². The third kappa shape index (κ3) is 2.26. The third-order valence-corrected chi connectivity index (χ3v) is 3.12. The number of hydrogen-bond acceptors (Lipinski definition) is 5. The Balaban J connectivity index is 2.15. The van der Waals surface area contributed by atoms with Gasteiger partial charge in [-0.3, -0.25) is 0 Å². The van der Waals surface area contributed by atoms with Gasteiger partial charge in [-0.25, -0.2) is 15.0 Å². The maximum absolute atomic E-state index is 4.17. The predicted molar refractivity (Wildman–Crippen MR) is 53.0 cm³/mol. The quantitative estimate of drug-likeness (QED) is 0.712. The van der Waals surface area contributed by atoms with E-state index in [2.05, 4.69) is 15.0 Å². The summed E-state index contributed by atoms with van der Waals surface area (Å²) in [5, 5.41) is 2.69. The lowest BCUT2D eigenvalue weighted by Crippen LogP contribution is -1.85. The van der Waals surface area contributed by atoms with E-state index in [0.717, 1.165) is 15.1 Å². The van der Waals surface area contributed by atoms with Gasteiger partial charge < -0.3 is 0 Å². The first kappa shape index (κ1) is 8.65. The number of nitrogens with zero attached hydrogens (tertiary/aromatic N) is 3. The van der Waals surface area contributed by atoms with E-state index >= 15 is 0 Å². The second-order valence-electron chi connectivity index (χ2n) is 2.44. The highest BCUT2D eigenvalue weighted by molar-refractivity contribution is 8.00. The maximum Gasteiger partial charge on any atom is 0.194 e. The summed E-state index contributed by atoms with van der Waals surface area (Å²) >= 11 is 3.08. The van der Waals surface area contributed by atoms with Crippen molar-refractivity contribution in [1.29, 1.82) is 0 Å². The van der Waals surface area contributed by atoms with Crippen molar-refractivity contribution in [3.8, 4) is 0 Å². The van der Waals surface area contributed by atoms with Gasteiger partial charge in [0.1, 0.15) is 0 Å². The van der Waals surface area contributed by atoms with Gasteiger partial charge in [-0.15, -0.1) is 11.3 Å². The number of thiazole rings is 1. The molecule has 0 radical (unpaired) electrons. The summed E-state index contributed by atoms with van der Waals surface area (Å²) in [5.74, 6) is 0. The molecule has 0 unspecified atom stereocenters. The first-order valence-electron chi connectivity index (χ1n) is 3.70. The fraction of sp³-hybridized carbons (Fsp3) is 0.125. The van der Waals surface area contributed by atoms with Crippen LogP contribution in [-0.2, 0) is 0 Å². The van der Waals surface area contributed by atoms with Gasteiger partial charge in [-0.2, -0.15) is 0 Å². The van der Waals surface area contributed by atoms with Gasteiger partial charge in [0.2, 0.25) is 0 Å². The van der Waals surface area contributed by atoms with Crippen molar-refractivity contribution in [3.63, 3.8) is 0 Å². The van der Waals surface area contributed by atoms with Crippen LogP contribution in [0.5, 0.6) is 0 Å². The van der Waals surface area contributed by atoms with Crippen molar-refractivity contribution in [2.24, 2.45) is 0 Å². The van der Waals surface area contributed by atoms with E-state index in [1.165, 1.54) is 11.8 Å². The van der Waals surface area contributed by atoms with Crippen LogP contribution in [0.15, 0.2) is 33.5 Å². The van der Waals surface area contributed by atoms with Crippen LogP contribution in [-0.4, -0.2) is 15.0 Å². The molecular formula is C8H7N3S2. The largest absolute Gasteiger partial charge is 0.238 e. The summed E-state index contributed by atoms with van der Waals surface area (Å²) in [5.41, 5.74) is 1.07. The second kappa shape index (κ2) is 3.85. The smallest absolute Gasteiger partial charge is 0.194 e. The Morgan fingerprint density at radius 1 is 1.23 bits per heavy atom. The van der Waals surface area contributed by atoms with Gasteiger partial charge in [0.25, 0.3) is 0 Å². The summed E-state index contributed by atoms with van der Waals surface area (Å²) in [7, 11) is 0. The minimum Gasteiger partial charge on any atom is -0.238 e. The van der Waals surface area contributed by atoms with Crippen LogP contribution in [0.3, 0.4) is 0 Å². The Hall–Kier alpha value is -0.940. The molecule has 0 N–H and O–H groups in total. The van der Waals surface area contributed by atoms with Crippen LogP contribution in [0.1, 0.15) is 5.56 Å². The van der Waals surface area contributed by atoms with Gasteiger partial charge in [0.05, 0.1) is 0 Å². The first-order valence-corrected chi connectivity index (χ1v) is 5.40. The maximum atomic E-state index is 4.17. The Kier molecular flexibility index (Phi) is 2.56. The van der Waals surface area contributed by atoms with Crippen molar-refractivity contribution < 1.29 is 0 Å². The summed E-state index contributed by atoms with van der Waals surface area (Å²) in [6.45, 7) is 1.97. The van der Waals surface area contributed by atoms with E-state index < -0.39 is 0 Å². The number of aromatic nitrogens is 3. The van der Waals surface area contributed by atoms with Gasteiger partial charge in [-0.05, 0) is 24.2 Å². The summed E-state index contributed by atoms with van der Waals surface area (Å²) < 4.78 is 0.976. The molecule has 2 rings (SSSR count). The standard InChI is InChI=1S/C8H7N3S2/c1-6-4-10-7(11-5-6)13-8-9-2-3-12-8/h2-5H,1H3. The van der Waals surface area contributed by atoms with Gasteiger partial charge >= 0.3 is 0 Å². The van der Waals surface area contributed by atoms with Crippen molar-refractivity contribution in [1.82, 2.24) is 15.0 Å². The fourth-order valence-electron chi connectivity index (χ4n) is 0.772. The molecule has 0 aliphatic carbocycles. The highest BCUT2D eigenvalue weighted by Crippen LogP contribution is 2.25. The molecule has 2 aromatic heterocycles. The zero-order valence-electron chi connectivity index (χ0n) is 6.97. The number of aryl methyl sites for hydroxylation is 1. The second-order valence-corrected chi connectivity index (χ2v) is 4.55. The normalized spacial score (nSPS) is 10.2. The predicted octanol–water partition coefficient (Wildman–Crippen LogP) is 2.39. The molecule has 0 fully saturated rings. The molecule has 13 heavy (non-hydrogen) atoms. The molecule has 0 spiro atoms. The summed E-state index contributed by atoms with van der Waals surface area (Å²) in [4.78, 5) is 12.5. The lowest BCUT2D eigenvalue weighted by atomic mass is 10.4. The molecule has 0 saturated heterocycles. The van der Waals surface area contributed by atoms with E-state index in [1.807, 2.05) is 24.7 Å². The number of rotatable bonds is 2. The van der Waals surface area contributed by atoms with Gasteiger partial charge in [0, 0.05) is 24.0 Å². The highest BCUT2D eigenvalue weighted by atomic mass is 32.2. The molecule has 2 aromatic rings. The zero-order valence-corrected chi connectivity index (χ0v) is 8.60. The first-order chi connectivity index (χ1) is 6.34. The molecule has 2 heterocycles. The van der Waals surface area contributed by atoms with E-state index in [1.54, 1.807) is 17.5 Å². The van der Waals surface area contributed by atoms with Crippen molar-refractivity contribution in [2.75, 3.05) is 0 Å². The molecule has 0 saturated carbocycles. The molecule has 66 valence electrons. The topological polar surface area (TPSA) is 38.7 Å². The monoisotopic (exact) mass is 209 g/mol. The average molecular weight is 209 g/mol. The Morgan fingerprint density at radius 3 is 2.62 bits per heavy atom. The molecule has 0 aliphatic rings. The van der Waals surface area contributed by atoms with Crippen LogP contribution in [0, 0.1) is 6.92 Å². The lowest BCUT2D eigenvalue weighted by Gasteiger charge is -1.95. The summed E-state index contributed by atoms with van der Waals surface area (Å²) in [6.07, 6.45) is 5.40. The van der Waals surface area contributed by atoms with Gasteiger partial charge in [0.15, 0.2) is 9.50 Å². The van der Waals surface area contributed by atoms with Gasteiger partial charge in [-0.1, -0.05) is 0 Å². The van der Waals surface area contributed by atoms with E-state index in [4.69, 9.17) is 0 Å². The average Bonchev–Trinajstić information content (AvgIpc) is 2.62. The van der Waals surface area contributed by atoms with Crippen molar-refractivity contribution in [3.05, 3.63) is 29.5 Å². The Morgan fingerprint density at radius 2 is 2.00 bits per heavy atom. The lowest BCUT2D eigenvalue weighted by molar-refractivity contribution is 0.948. The molecular weight excluding hydrogens is 202 g/mol. The third-order valence-electron chi connectivity index (χ3n) is 1.35. The SMILES string of the molecule is Cc1cnc(Sc2nccs2)nc1. The van der Waals surface area contributed by atoms with Crippen LogP contribution in [0.2, 0.25) is 0 Å². The summed E-state index contributed by atoms with van der Waals surface area (Å²) in [6, 6.07) is 0. The van der Waals surface area contributed by atoms with Crippen LogP contribution >= 0.6 is 23.1 Å². The molecule has 0 atom stereocenters. The minimum absolute atomic E-state index is 0.751. The molecule has 0 amide bonds. The minimum atomic E-state index is 0.751. The Labute approximate surface area is 84.3 Å². The van der Waals surface area contributed by atoms with Crippen molar-refractivity contribution >= 4 is 23.1 Å². The molecule has 3 nitrogen and oxygen atoms in total. The van der Waals surface area contributed by atoms with Crippen LogP contribution in [0.25, 0.3) is 0 Å². The van der Waals surface area contributed by atoms with E-state index in [0.29, 0.717) is 0 Å². The number of hydrogen-bond donors (Lipinski definition) is 0. The highest BCUT2D eigenvalue weighted by Gasteiger charge is 2.01. The zero-order chi connectivity index (χ0) is 9.10. The van der Waals surface area contributed by atoms with Crippen molar-refractivity contribution in [2.45, 2.75) is 16.4 Å². The fourth-order valence-corrected chi connectivity index (χ4v) is 2.20. The molecule has 5 heteroatoms. The Bertz CT molecular complexity index is 369. The van der Waals surface area contributed by atoms with E-state index in [-0.39, 0.29) is 0 Å². The molecule has 0 aliphatic heterocycles. The molecule has 0 aromatic carbocycles. The van der Waals surface area contributed by atoms with E-state index in [9.17, 15) is 0 Å².